The van der Waals surface area contributed by atoms with Crippen LogP contribution in [0.15, 0.2) is 73.1 Å². The molecule has 0 aliphatic carbocycles. The van der Waals surface area contributed by atoms with Crippen LogP contribution in [-0.2, 0) is 16.1 Å². The molecule has 0 bridgehead atoms. The van der Waals surface area contributed by atoms with Crippen LogP contribution in [0, 0.1) is 5.92 Å². The molecule has 9 heteroatoms. The molecule has 1 N–H and O–H groups in total. The first-order valence-electron chi connectivity index (χ1n) is 12.5. The van der Waals surface area contributed by atoms with Gasteiger partial charge in [-0.2, -0.15) is 0 Å². The zero-order valence-electron chi connectivity index (χ0n) is 21.4. The van der Waals surface area contributed by atoms with E-state index in [-0.39, 0.29) is 18.4 Å². The normalized spacial score (nSPS) is 11.9. The first-order chi connectivity index (χ1) is 18.0. The van der Waals surface area contributed by atoms with Crippen LogP contribution >= 0.6 is 0 Å². The standard InChI is InChI=1S/C28H32N6O3/c1-4-37-25-14-8-7-13-24(25)34(26(35)19-33-23-12-6-5-11-22(23)31-32-33)27(21-10-9-16-29-18-21)28(36)30-17-15-20(2)3/h5-14,16,18,20,27H,4,15,17,19H2,1-3H3,(H,30,36)/t27-/m1/s1. The van der Waals surface area contributed by atoms with E-state index in [1.54, 1.807) is 41.3 Å². The van der Waals surface area contributed by atoms with Crippen molar-refractivity contribution in [2.24, 2.45) is 5.92 Å². The average Bonchev–Trinajstić information content (AvgIpc) is 3.30. The van der Waals surface area contributed by atoms with Gasteiger partial charge in [0, 0.05) is 24.5 Å². The smallest absolute Gasteiger partial charge is 0.249 e. The van der Waals surface area contributed by atoms with E-state index in [0.29, 0.717) is 41.6 Å². The molecular formula is C28H32N6O3. The molecule has 2 aromatic carbocycles. The van der Waals surface area contributed by atoms with Crippen molar-refractivity contribution in [2.45, 2.75) is 39.8 Å². The average molecular weight is 501 g/mol. The van der Waals surface area contributed by atoms with Gasteiger partial charge in [0.15, 0.2) is 0 Å². The van der Waals surface area contributed by atoms with Crippen LogP contribution in [-0.4, -0.2) is 44.9 Å². The van der Waals surface area contributed by atoms with E-state index >= 15 is 0 Å². The van der Waals surface area contributed by atoms with Gasteiger partial charge >= 0.3 is 0 Å². The first kappa shape index (κ1) is 25.8. The molecule has 0 spiro atoms. The summed E-state index contributed by atoms with van der Waals surface area (Å²) in [5, 5.41) is 11.4. The molecule has 0 unspecified atom stereocenters. The Bertz CT molecular complexity index is 1340. The molecule has 0 aliphatic heterocycles. The van der Waals surface area contributed by atoms with Gasteiger partial charge in [0.2, 0.25) is 11.8 Å². The molecule has 9 nitrogen and oxygen atoms in total. The van der Waals surface area contributed by atoms with Crippen molar-refractivity contribution >= 4 is 28.5 Å². The van der Waals surface area contributed by atoms with E-state index in [9.17, 15) is 9.59 Å². The number of nitrogens with one attached hydrogen (secondary N) is 1. The fourth-order valence-electron chi connectivity index (χ4n) is 4.13. The van der Waals surface area contributed by atoms with E-state index in [1.165, 1.54) is 4.90 Å². The number of ether oxygens (including phenoxy) is 1. The summed E-state index contributed by atoms with van der Waals surface area (Å²) in [5.74, 6) is 0.298. The van der Waals surface area contributed by atoms with Crippen molar-refractivity contribution in [2.75, 3.05) is 18.1 Å². The van der Waals surface area contributed by atoms with Gasteiger partial charge in [-0.15, -0.1) is 5.10 Å². The second kappa shape index (κ2) is 12.1. The summed E-state index contributed by atoms with van der Waals surface area (Å²) in [7, 11) is 0. The lowest BCUT2D eigenvalue weighted by atomic mass is 10.0. The Morgan fingerprint density at radius 3 is 2.59 bits per heavy atom. The van der Waals surface area contributed by atoms with E-state index in [1.807, 2.05) is 43.3 Å². The number of nitrogens with zero attached hydrogens (tertiary/aromatic N) is 5. The molecule has 4 aromatic rings. The number of para-hydroxylation sites is 3. The van der Waals surface area contributed by atoms with Crippen LogP contribution < -0.4 is 15.0 Å². The van der Waals surface area contributed by atoms with Gasteiger partial charge in [-0.3, -0.25) is 19.5 Å². The number of rotatable bonds is 11. The van der Waals surface area contributed by atoms with Crippen molar-refractivity contribution in [1.82, 2.24) is 25.3 Å². The van der Waals surface area contributed by atoms with Crippen molar-refractivity contribution < 1.29 is 14.3 Å². The predicted octanol–water partition coefficient (Wildman–Crippen LogP) is 4.16. The number of anilines is 1. The van der Waals surface area contributed by atoms with Gasteiger partial charge in [0.1, 0.15) is 23.9 Å². The number of benzene rings is 2. The number of hydrogen-bond donors (Lipinski definition) is 1. The molecule has 0 radical (unpaired) electrons. The van der Waals surface area contributed by atoms with Crippen LogP contribution in [0.3, 0.4) is 0 Å². The molecule has 0 saturated heterocycles. The number of amides is 2. The third-order valence-electron chi connectivity index (χ3n) is 5.93. The highest BCUT2D eigenvalue weighted by atomic mass is 16.5. The van der Waals surface area contributed by atoms with Crippen LogP contribution in [0.25, 0.3) is 11.0 Å². The Labute approximate surface area is 216 Å². The number of pyridine rings is 1. The summed E-state index contributed by atoms with van der Waals surface area (Å²) < 4.78 is 7.42. The summed E-state index contributed by atoms with van der Waals surface area (Å²) >= 11 is 0. The van der Waals surface area contributed by atoms with Crippen molar-refractivity contribution in [3.8, 4) is 5.75 Å². The maximum absolute atomic E-state index is 14.1. The summed E-state index contributed by atoms with van der Waals surface area (Å²) in [4.78, 5) is 33.5. The van der Waals surface area contributed by atoms with Gasteiger partial charge < -0.3 is 10.1 Å². The minimum atomic E-state index is -0.968. The Hall–Kier alpha value is -4.27. The number of hydrogen-bond acceptors (Lipinski definition) is 6. The van der Waals surface area contributed by atoms with Gasteiger partial charge in [-0.05, 0) is 49.6 Å². The van der Waals surface area contributed by atoms with Crippen molar-refractivity contribution in [3.63, 3.8) is 0 Å². The summed E-state index contributed by atoms with van der Waals surface area (Å²) in [5.41, 5.74) is 2.50. The Morgan fingerprint density at radius 1 is 1.05 bits per heavy atom. The fourth-order valence-corrected chi connectivity index (χ4v) is 4.13. The summed E-state index contributed by atoms with van der Waals surface area (Å²) in [6.45, 7) is 6.86. The lowest BCUT2D eigenvalue weighted by Gasteiger charge is -2.32. The van der Waals surface area contributed by atoms with Gasteiger partial charge in [-0.25, -0.2) is 4.68 Å². The van der Waals surface area contributed by atoms with Gasteiger partial charge in [-0.1, -0.05) is 49.4 Å². The minimum Gasteiger partial charge on any atom is -0.492 e. The van der Waals surface area contributed by atoms with E-state index in [0.717, 1.165) is 11.9 Å². The number of carbonyl (C=O) groups excluding carboxylic acids is 2. The molecule has 37 heavy (non-hydrogen) atoms. The molecule has 2 aromatic heterocycles. The monoisotopic (exact) mass is 500 g/mol. The highest BCUT2D eigenvalue weighted by molar-refractivity contribution is 6.02. The zero-order chi connectivity index (χ0) is 26.2. The zero-order valence-corrected chi connectivity index (χ0v) is 21.4. The predicted molar refractivity (Wildman–Crippen MR) is 142 cm³/mol. The van der Waals surface area contributed by atoms with E-state index in [4.69, 9.17) is 4.74 Å². The van der Waals surface area contributed by atoms with Crippen molar-refractivity contribution in [3.05, 3.63) is 78.6 Å². The molecule has 2 heterocycles. The van der Waals surface area contributed by atoms with E-state index < -0.39 is 6.04 Å². The Morgan fingerprint density at radius 2 is 1.84 bits per heavy atom. The topological polar surface area (TPSA) is 102 Å². The lowest BCUT2D eigenvalue weighted by Crippen LogP contribution is -2.45. The molecule has 4 rings (SSSR count). The van der Waals surface area contributed by atoms with Crippen LogP contribution in [0.2, 0.25) is 0 Å². The van der Waals surface area contributed by atoms with E-state index in [2.05, 4.69) is 34.5 Å². The largest absolute Gasteiger partial charge is 0.492 e. The number of carbonyl (C=O) groups is 2. The third kappa shape index (κ3) is 6.11. The molecular weight excluding hydrogens is 468 g/mol. The maximum Gasteiger partial charge on any atom is 0.249 e. The quantitative estimate of drug-likeness (QED) is 0.332. The lowest BCUT2D eigenvalue weighted by molar-refractivity contribution is -0.127. The summed E-state index contributed by atoms with van der Waals surface area (Å²) in [6, 6.07) is 17.3. The summed E-state index contributed by atoms with van der Waals surface area (Å²) in [6.07, 6.45) is 4.07. The first-order valence-corrected chi connectivity index (χ1v) is 12.5. The van der Waals surface area contributed by atoms with Crippen LogP contribution in [0.1, 0.15) is 38.8 Å². The van der Waals surface area contributed by atoms with Crippen LogP contribution in [0.5, 0.6) is 5.75 Å². The molecule has 2 amide bonds. The highest BCUT2D eigenvalue weighted by Gasteiger charge is 2.35. The Balaban J connectivity index is 1.79. The van der Waals surface area contributed by atoms with Crippen LogP contribution in [0.4, 0.5) is 5.69 Å². The number of fused-ring (bicyclic) bond motifs is 1. The molecule has 0 fully saturated rings. The third-order valence-corrected chi connectivity index (χ3v) is 5.93. The second-order valence-corrected chi connectivity index (χ2v) is 9.06. The SMILES string of the molecule is CCOc1ccccc1N(C(=O)Cn1nnc2ccccc21)[C@@H](C(=O)NCCC(C)C)c1cccnc1. The molecule has 192 valence electrons. The fraction of sp³-hybridized carbons (Fsp3) is 0.321. The molecule has 1 atom stereocenters. The van der Waals surface area contributed by atoms with Crippen molar-refractivity contribution in [1.29, 1.82) is 0 Å². The van der Waals surface area contributed by atoms with Gasteiger partial charge in [0.25, 0.3) is 0 Å². The highest BCUT2D eigenvalue weighted by Crippen LogP contribution is 2.35. The molecule has 0 aliphatic rings. The van der Waals surface area contributed by atoms with Gasteiger partial charge in [0.05, 0.1) is 17.8 Å². The molecule has 0 saturated carbocycles. The maximum atomic E-state index is 14.1. The number of aromatic nitrogens is 4. The minimum absolute atomic E-state index is 0.114. The second-order valence-electron chi connectivity index (χ2n) is 9.06. The Kier molecular flexibility index (Phi) is 8.45.